The lowest BCUT2D eigenvalue weighted by Crippen LogP contribution is -2.23. The zero-order valence-corrected chi connectivity index (χ0v) is 33.1. The van der Waals surface area contributed by atoms with Gasteiger partial charge in [0.2, 0.25) is 0 Å². The Morgan fingerprint density at radius 1 is 0.642 bits per heavy atom. The average Bonchev–Trinajstić information content (AvgIpc) is 2.99. The molecule has 284 valence electrons. The molecule has 0 radical (unpaired) electrons. The van der Waals surface area contributed by atoms with Gasteiger partial charge in [0.15, 0.2) is 0 Å². The number of phenols is 2. The van der Waals surface area contributed by atoms with Crippen molar-refractivity contribution in [1.29, 1.82) is 0 Å². The minimum Gasteiger partial charge on any atom is -0.505 e. The average molecular weight is 765 g/mol. The maximum Gasteiger partial charge on any atom is 0.294 e. The Hall–Kier alpha value is -4.50. The molecule has 1 atom stereocenters. The van der Waals surface area contributed by atoms with Gasteiger partial charge in [0.05, 0.1) is 33.6 Å². The van der Waals surface area contributed by atoms with Gasteiger partial charge in [-0.1, -0.05) is 92.6 Å². The summed E-state index contributed by atoms with van der Waals surface area (Å²) in [5.41, 5.74) is 0.693. The molecular weight excluding hydrogens is 717 g/mol. The van der Waals surface area contributed by atoms with Crippen LogP contribution in [0.15, 0.2) is 80.4 Å². The fraction of sp³-hybridized carbons (Fsp3) is 0.385. The number of benzene rings is 3. The van der Waals surface area contributed by atoms with Gasteiger partial charge in [-0.3, -0.25) is 19.1 Å². The van der Waals surface area contributed by atoms with Crippen molar-refractivity contribution in [1.82, 2.24) is 9.97 Å². The van der Waals surface area contributed by atoms with Crippen molar-refractivity contribution >= 4 is 44.0 Å². The van der Waals surface area contributed by atoms with Crippen molar-refractivity contribution < 1.29 is 36.2 Å². The highest BCUT2D eigenvalue weighted by Crippen LogP contribution is 2.41. The minimum atomic E-state index is -4.64. The first kappa shape index (κ1) is 41.3. The standard InChI is InChI=1S/C39H48N4O8S2/c1-37(2,3)20-25-15-29(52(46,47)48)18-31(34(25)44)40-22-27-17-28(43-36(42-27)33(39(7,8)9)24-13-11-10-12-14-24)23-41-32-19-30(53(49,50)51)16-26(35(32)45)21-38(4,5)6/h10-19,22-23,33,44-45H,20-21H2,1-9H3,(H,46,47,48)(H,49,50,51)/t33-/m1/s1. The fourth-order valence-electron chi connectivity index (χ4n) is 5.93. The summed E-state index contributed by atoms with van der Waals surface area (Å²) >= 11 is 0. The normalized spacial score (nSPS) is 13.9. The lowest BCUT2D eigenvalue weighted by molar-refractivity contribution is 0.347. The molecule has 0 saturated carbocycles. The fourth-order valence-corrected chi connectivity index (χ4v) is 7.03. The van der Waals surface area contributed by atoms with E-state index in [0.29, 0.717) is 5.82 Å². The third-order valence-electron chi connectivity index (χ3n) is 8.03. The van der Waals surface area contributed by atoms with E-state index in [4.69, 9.17) is 9.97 Å². The van der Waals surface area contributed by atoms with Gasteiger partial charge in [0, 0.05) is 5.92 Å². The van der Waals surface area contributed by atoms with Crippen LogP contribution < -0.4 is 0 Å². The number of phenolic OH excluding ortho intramolecular Hbond substituents is 2. The first-order valence-corrected chi connectivity index (χ1v) is 19.8. The number of nitrogens with zero attached hydrogens (tertiary/aromatic N) is 4. The number of aliphatic imine (C=N–C) groups is 2. The van der Waals surface area contributed by atoms with E-state index in [1.54, 1.807) is 0 Å². The van der Waals surface area contributed by atoms with Gasteiger partial charge in [0.1, 0.15) is 28.7 Å². The van der Waals surface area contributed by atoms with E-state index < -0.39 is 35.4 Å². The third kappa shape index (κ3) is 11.2. The lowest BCUT2D eigenvalue weighted by Gasteiger charge is -2.30. The molecule has 4 rings (SSSR count). The van der Waals surface area contributed by atoms with Crippen LogP contribution in [0.3, 0.4) is 0 Å². The van der Waals surface area contributed by atoms with Gasteiger partial charge in [-0.2, -0.15) is 16.8 Å². The van der Waals surface area contributed by atoms with E-state index in [0.717, 1.165) is 17.7 Å². The van der Waals surface area contributed by atoms with Crippen LogP contribution in [-0.4, -0.2) is 58.6 Å². The van der Waals surface area contributed by atoms with Crippen LogP contribution >= 0.6 is 0 Å². The summed E-state index contributed by atoms with van der Waals surface area (Å²) in [4.78, 5) is 17.6. The monoisotopic (exact) mass is 764 g/mol. The van der Waals surface area contributed by atoms with Gasteiger partial charge >= 0.3 is 0 Å². The van der Waals surface area contributed by atoms with Crippen molar-refractivity contribution in [2.75, 3.05) is 0 Å². The second kappa shape index (κ2) is 15.1. The molecule has 53 heavy (non-hydrogen) atoms. The largest absolute Gasteiger partial charge is 0.505 e. The second-order valence-corrected chi connectivity index (χ2v) is 19.5. The Bertz CT molecular complexity index is 2140. The summed E-state index contributed by atoms with van der Waals surface area (Å²) in [6, 6.07) is 15.7. The predicted molar refractivity (Wildman–Crippen MR) is 206 cm³/mol. The molecule has 0 saturated heterocycles. The first-order chi connectivity index (χ1) is 24.2. The Balaban J connectivity index is 1.95. The molecule has 4 aromatic rings. The Labute approximate surface area is 312 Å². The SMILES string of the molecule is CC(C)(C)Cc1cc(S(=O)(=O)O)cc(N=Cc2cc(C=Nc3cc(S(=O)(=O)O)cc(CC(C)(C)C)c3O)nc([C@@H](c3ccccc3)C(C)(C)C)n2)c1O. The van der Waals surface area contributed by atoms with Gasteiger partial charge in [-0.25, -0.2) is 9.97 Å². The molecule has 12 nitrogen and oxygen atoms in total. The molecule has 1 aromatic heterocycles. The van der Waals surface area contributed by atoms with Crippen molar-refractivity contribution in [2.24, 2.45) is 26.2 Å². The Kier molecular flexibility index (Phi) is 11.7. The van der Waals surface area contributed by atoms with Crippen LogP contribution in [0.25, 0.3) is 0 Å². The number of aromatic nitrogens is 2. The van der Waals surface area contributed by atoms with Crippen LogP contribution in [0.1, 0.15) is 102 Å². The van der Waals surface area contributed by atoms with Gasteiger partial charge in [-0.05, 0) is 76.1 Å². The van der Waals surface area contributed by atoms with Crippen LogP contribution in [0.4, 0.5) is 11.4 Å². The molecule has 0 amide bonds. The summed E-state index contributed by atoms with van der Waals surface area (Å²) in [6.45, 7) is 17.6. The van der Waals surface area contributed by atoms with Crippen molar-refractivity contribution in [2.45, 2.75) is 90.9 Å². The quantitative estimate of drug-likeness (QED) is 0.0901. The van der Waals surface area contributed by atoms with E-state index in [2.05, 4.69) is 9.98 Å². The summed E-state index contributed by atoms with van der Waals surface area (Å²) in [6.07, 6.45) is 3.23. The number of hydrogen-bond donors (Lipinski definition) is 4. The molecule has 14 heteroatoms. The molecule has 0 unspecified atom stereocenters. The van der Waals surface area contributed by atoms with E-state index >= 15 is 0 Å². The van der Waals surface area contributed by atoms with Crippen LogP contribution in [0.5, 0.6) is 11.5 Å². The van der Waals surface area contributed by atoms with Crippen molar-refractivity contribution in [3.05, 3.63) is 94.6 Å². The van der Waals surface area contributed by atoms with E-state index in [1.807, 2.05) is 92.6 Å². The van der Waals surface area contributed by atoms with Crippen LogP contribution in [-0.2, 0) is 33.1 Å². The highest BCUT2D eigenvalue weighted by atomic mass is 32.2. The molecule has 3 aromatic carbocycles. The Morgan fingerprint density at radius 3 is 1.38 bits per heavy atom. The van der Waals surface area contributed by atoms with Crippen LogP contribution in [0, 0.1) is 16.2 Å². The zero-order chi connectivity index (χ0) is 39.7. The number of rotatable bonds is 10. The predicted octanol–water partition coefficient (Wildman–Crippen LogP) is 8.24. The lowest BCUT2D eigenvalue weighted by atomic mass is 9.76. The van der Waals surface area contributed by atoms with E-state index in [9.17, 15) is 36.2 Å². The smallest absolute Gasteiger partial charge is 0.294 e. The molecule has 0 aliphatic rings. The van der Waals surface area contributed by atoms with Gasteiger partial charge < -0.3 is 10.2 Å². The maximum atomic E-state index is 12.2. The van der Waals surface area contributed by atoms with Crippen molar-refractivity contribution in [3.63, 3.8) is 0 Å². The molecular formula is C39H48N4O8S2. The molecule has 0 aliphatic heterocycles. The van der Waals surface area contributed by atoms with E-state index in [1.165, 1.54) is 30.6 Å². The molecule has 0 spiro atoms. The van der Waals surface area contributed by atoms with Gasteiger partial charge in [-0.15, -0.1) is 0 Å². The molecule has 0 aliphatic carbocycles. The Morgan fingerprint density at radius 2 is 1.04 bits per heavy atom. The summed E-state index contributed by atoms with van der Waals surface area (Å²) in [5, 5.41) is 22.3. The maximum absolute atomic E-state index is 12.2. The summed E-state index contributed by atoms with van der Waals surface area (Å²) in [5.74, 6) is -0.482. The van der Waals surface area contributed by atoms with Crippen LogP contribution in [0.2, 0.25) is 0 Å². The number of hydrogen-bond acceptors (Lipinski definition) is 10. The molecule has 0 fully saturated rings. The highest BCUT2D eigenvalue weighted by Gasteiger charge is 2.31. The summed E-state index contributed by atoms with van der Waals surface area (Å²) in [7, 11) is -9.28. The molecule has 1 heterocycles. The molecule has 4 N–H and O–H groups in total. The highest BCUT2D eigenvalue weighted by molar-refractivity contribution is 7.86. The van der Waals surface area contributed by atoms with E-state index in [-0.39, 0.29) is 75.0 Å². The first-order valence-electron chi connectivity index (χ1n) is 16.9. The zero-order valence-electron chi connectivity index (χ0n) is 31.4. The third-order valence-corrected chi connectivity index (χ3v) is 9.70. The minimum absolute atomic E-state index is 0.108. The second-order valence-electron chi connectivity index (χ2n) is 16.6. The van der Waals surface area contributed by atoms with Crippen molar-refractivity contribution in [3.8, 4) is 11.5 Å². The molecule has 0 bridgehead atoms. The topological polar surface area (TPSA) is 200 Å². The van der Waals surface area contributed by atoms with Gasteiger partial charge in [0.25, 0.3) is 20.2 Å². The number of aromatic hydroxyl groups is 2. The summed E-state index contributed by atoms with van der Waals surface area (Å²) < 4.78 is 68.5.